The Hall–Kier alpha value is -0.810. The van der Waals surface area contributed by atoms with Gasteiger partial charge < -0.3 is 10.1 Å². The summed E-state index contributed by atoms with van der Waals surface area (Å²) in [6.45, 7) is 1.85. The Morgan fingerprint density at radius 2 is 2.25 bits per heavy atom. The number of cyclic esters (lactones) is 1. The number of halogens is 3. The number of amides is 1. The third kappa shape index (κ3) is 2.47. The topological polar surface area (TPSA) is 38.3 Å². The van der Waals surface area contributed by atoms with Gasteiger partial charge in [0.05, 0.1) is 6.04 Å². The van der Waals surface area contributed by atoms with Crippen LogP contribution in [-0.2, 0) is 4.74 Å². The summed E-state index contributed by atoms with van der Waals surface area (Å²) in [4.78, 5) is 10.8. The number of hydrogen-bond acceptors (Lipinski definition) is 2. The van der Waals surface area contributed by atoms with Crippen molar-refractivity contribution in [3.8, 4) is 0 Å². The number of carbonyl (C=O) groups is 1. The van der Waals surface area contributed by atoms with Gasteiger partial charge in [-0.05, 0) is 24.6 Å². The monoisotopic (exact) mass is 309 g/mol. The first kappa shape index (κ1) is 13.3. The third-order valence-corrected chi connectivity index (χ3v) is 2.75. The van der Waals surface area contributed by atoms with Crippen LogP contribution in [0.4, 0.5) is 9.18 Å². The fourth-order valence-corrected chi connectivity index (χ4v) is 2.15. The van der Waals surface area contributed by atoms with E-state index in [-0.39, 0.29) is 24.8 Å². The van der Waals surface area contributed by atoms with Crippen LogP contribution in [-0.4, -0.2) is 12.7 Å². The van der Waals surface area contributed by atoms with E-state index in [0.29, 0.717) is 11.1 Å². The maximum atomic E-state index is 13.7. The van der Waals surface area contributed by atoms with Crippen LogP contribution >= 0.6 is 28.3 Å². The zero-order valence-electron chi connectivity index (χ0n) is 8.42. The molecule has 1 N–H and O–H groups in total. The molecule has 0 aliphatic carbocycles. The van der Waals surface area contributed by atoms with Gasteiger partial charge in [0.2, 0.25) is 0 Å². The van der Waals surface area contributed by atoms with Crippen molar-refractivity contribution < 1.29 is 13.9 Å². The molecule has 1 aromatic carbocycles. The molecule has 1 aliphatic rings. The summed E-state index contributed by atoms with van der Waals surface area (Å²) >= 11 is 3.29. The second-order valence-corrected chi connectivity index (χ2v) is 4.34. The molecule has 1 aliphatic heterocycles. The molecule has 1 heterocycles. The fraction of sp³-hybridized carbons (Fsp3) is 0.300. The molecule has 1 fully saturated rings. The lowest BCUT2D eigenvalue weighted by molar-refractivity contribution is 0.177. The summed E-state index contributed by atoms with van der Waals surface area (Å²) in [5.74, 6) is -0.297. The number of carbonyl (C=O) groups excluding carboxylic acids is 1. The SMILES string of the molecule is Cc1cc(Br)cc([C@@H]2COC(=O)N2)c1F.Cl. The number of alkyl carbamates (subject to hydrolysis) is 1. The van der Waals surface area contributed by atoms with E-state index in [2.05, 4.69) is 21.2 Å². The molecule has 1 aromatic rings. The van der Waals surface area contributed by atoms with Crippen molar-refractivity contribution in [2.24, 2.45) is 0 Å². The Morgan fingerprint density at radius 1 is 1.56 bits per heavy atom. The summed E-state index contributed by atoms with van der Waals surface area (Å²) in [6.07, 6.45) is -0.503. The maximum Gasteiger partial charge on any atom is 0.407 e. The second kappa shape index (κ2) is 5.01. The average molecular weight is 311 g/mol. The molecule has 16 heavy (non-hydrogen) atoms. The van der Waals surface area contributed by atoms with E-state index >= 15 is 0 Å². The fourth-order valence-electron chi connectivity index (χ4n) is 1.56. The number of benzene rings is 1. The minimum atomic E-state index is -0.503. The zero-order valence-corrected chi connectivity index (χ0v) is 10.8. The van der Waals surface area contributed by atoms with Crippen molar-refractivity contribution in [1.82, 2.24) is 5.32 Å². The quantitative estimate of drug-likeness (QED) is 0.865. The lowest BCUT2D eigenvalue weighted by atomic mass is 10.0. The van der Waals surface area contributed by atoms with E-state index in [0.717, 1.165) is 4.47 Å². The summed E-state index contributed by atoms with van der Waals surface area (Å²) < 4.78 is 19.2. The predicted octanol–water partition coefficient (Wildman–Crippen LogP) is 3.10. The highest BCUT2D eigenvalue weighted by Crippen LogP contribution is 2.26. The van der Waals surface area contributed by atoms with Crippen molar-refractivity contribution in [2.45, 2.75) is 13.0 Å². The molecule has 0 spiro atoms. The number of hydrogen-bond donors (Lipinski definition) is 1. The smallest absolute Gasteiger partial charge is 0.407 e. The molecule has 2 rings (SSSR count). The minimum absolute atomic E-state index is 0. The highest BCUT2D eigenvalue weighted by molar-refractivity contribution is 9.10. The van der Waals surface area contributed by atoms with Gasteiger partial charge in [-0.25, -0.2) is 9.18 Å². The molecule has 0 bridgehead atoms. The van der Waals surface area contributed by atoms with E-state index in [9.17, 15) is 9.18 Å². The minimum Gasteiger partial charge on any atom is -0.447 e. The van der Waals surface area contributed by atoms with Crippen LogP contribution in [0.1, 0.15) is 17.2 Å². The lowest BCUT2D eigenvalue weighted by Gasteiger charge is -2.11. The predicted molar refractivity (Wildman–Crippen MR) is 63.3 cm³/mol. The second-order valence-electron chi connectivity index (χ2n) is 3.42. The summed E-state index contributed by atoms with van der Waals surface area (Å²) in [6, 6.07) is 2.95. The van der Waals surface area contributed by atoms with Crippen molar-refractivity contribution in [2.75, 3.05) is 6.61 Å². The molecule has 0 aromatic heterocycles. The highest BCUT2D eigenvalue weighted by Gasteiger charge is 2.26. The van der Waals surface area contributed by atoms with Crippen molar-refractivity contribution in [3.63, 3.8) is 0 Å². The van der Waals surface area contributed by atoms with Gasteiger partial charge in [-0.1, -0.05) is 15.9 Å². The van der Waals surface area contributed by atoms with Crippen LogP contribution < -0.4 is 5.32 Å². The van der Waals surface area contributed by atoms with Crippen LogP contribution in [0, 0.1) is 12.7 Å². The van der Waals surface area contributed by atoms with Crippen LogP contribution in [0.5, 0.6) is 0 Å². The van der Waals surface area contributed by atoms with Gasteiger partial charge in [-0.2, -0.15) is 0 Å². The molecule has 3 nitrogen and oxygen atoms in total. The molecule has 1 saturated heterocycles. The molecule has 1 amide bonds. The van der Waals surface area contributed by atoms with Gasteiger partial charge in [0, 0.05) is 10.0 Å². The number of ether oxygens (including phenoxy) is 1. The maximum absolute atomic E-state index is 13.7. The van der Waals surface area contributed by atoms with Gasteiger partial charge in [0.15, 0.2) is 0 Å². The molecule has 0 unspecified atom stereocenters. The molecule has 0 radical (unpaired) electrons. The first-order valence-corrected chi connectivity index (χ1v) is 5.26. The largest absolute Gasteiger partial charge is 0.447 e. The van der Waals surface area contributed by atoms with E-state index < -0.39 is 12.1 Å². The zero-order chi connectivity index (χ0) is 11.0. The first-order chi connectivity index (χ1) is 7.08. The van der Waals surface area contributed by atoms with E-state index in [1.807, 2.05) is 0 Å². The molecular formula is C10H10BrClFNO2. The lowest BCUT2D eigenvalue weighted by Crippen LogP contribution is -2.19. The molecule has 0 saturated carbocycles. The van der Waals surface area contributed by atoms with Crippen LogP contribution in [0.25, 0.3) is 0 Å². The Morgan fingerprint density at radius 3 is 2.81 bits per heavy atom. The van der Waals surface area contributed by atoms with Crippen molar-refractivity contribution in [1.29, 1.82) is 0 Å². The Bertz CT molecular complexity index is 428. The van der Waals surface area contributed by atoms with E-state index in [4.69, 9.17) is 4.74 Å². The molecule has 6 heteroatoms. The summed E-state index contributed by atoms with van der Waals surface area (Å²) in [5.41, 5.74) is 0.994. The number of nitrogens with one attached hydrogen (secondary N) is 1. The van der Waals surface area contributed by atoms with Crippen molar-refractivity contribution >= 4 is 34.4 Å². The summed E-state index contributed by atoms with van der Waals surface area (Å²) in [7, 11) is 0. The van der Waals surface area contributed by atoms with Gasteiger partial charge in [-0.3, -0.25) is 0 Å². The van der Waals surface area contributed by atoms with Gasteiger partial charge in [0.25, 0.3) is 0 Å². The number of aryl methyl sites for hydroxylation is 1. The Balaban J connectivity index is 0.00000128. The van der Waals surface area contributed by atoms with E-state index in [1.165, 1.54) is 0 Å². The van der Waals surface area contributed by atoms with Crippen LogP contribution in [0.2, 0.25) is 0 Å². The average Bonchev–Trinajstić information content (AvgIpc) is 2.58. The van der Waals surface area contributed by atoms with Crippen molar-refractivity contribution in [3.05, 3.63) is 33.5 Å². The molecular weight excluding hydrogens is 300 g/mol. The first-order valence-electron chi connectivity index (χ1n) is 4.47. The Kier molecular flexibility index (Phi) is 4.15. The van der Waals surface area contributed by atoms with Gasteiger partial charge in [-0.15, -0.1) is 12.4 Å². The number of rotatable bonds is 1. The molecule has 88 valence electrons. The van der Waals surface area contributed by atoms with Gasteiger partial charge in [0.1, 0.15) is 12.4 Å². The Labute approximate surface area is 107 Å². The molecule has 1 atom stereocenters. The highest BCUT2D eigenvalue weighted by atomic mass is 79.9. The van der Waals surface area contributed by atoms with E-state index in [1.54, 1.807) is 19.1 Å². The third-order valence-electron chi connectivity index (χ3n) is 2.30. The van der Waals surface area contributed by atoms with Gasteiger partial charge >= 0.3 is 6.09 Å². The summed E-state index contributed by atoms with van der Waals surface area (Å²) in [5, 5.41) is 2.54. The van der Waals surface area contributed by atoms with Crippen LogP contribution in [0.15, 0.2) is 16.6 Å². The van der Waals surface area contributed by atoms with Crippen LogP contribution in [0.3, 0.4) is 0 Å². The normalized spacial score (nSPS) is 18.7. The standard InChI is InChI=1S/C10H9BrFNO2.ClH/c1-5-2-6(11)3-7(9(5)12)8-4-15-10(14)13-8;/h2-3,8H,4H2,1H3,(H,13,14);1H/t8-;/m0./s1.